The van der Waals surface area contributed by atoms with Gasteiger partial charge in [0.05, 0.1) is 36.9 Å². The van der Waals surface area contributed by atoms with Gasteiger partial charge in [-0.2, -0.15) is 0 Å². The summed E-state index contributed by atoms with van der Waals surface area (Å²) in [5, 5.41) is 5.04. The van der Waals surface area contributed by atoms with Crippen LogP contribution in [0.3, 0.4) is 0 Å². The summed E-state index contributed by atoms with van der Waals surface area (Å²) < 4.78 is 4.56. The van der Waals surface area contributed by atoms with Crippen LogP contribution in [0.1, 0.15) is 114 Å². The van der Waals surface area contributed by atoms with Gasteiger partial charge < -0.3 is 30.2 Å². The second-order valence-corrected chi connectivity index (χ2v) is 14.0. The molecular formula is C45H60N8O4. The molecule has 4 N–H and O–H groups in total. The number of ether oxygens (including phenoxy) is 1. The molecule has 1 saturated carbocycles. The van der Waals surface area contributed by atoms with Crippen molar-refractivity contribution in [1.29, 1.82) is 0 Å². The number of imidazole rings is 2. The first kappa shape index (κ1) is 43.9. The maximum absolute atomic E-state index is 12.7. The molecular weight excluding hydrogens is 717 g/mol. The second-order valence-electron chi connectivity index (χ2n) is 14.0. The van der Waals surface area contributed by atoms with Crippen LogP contribution in [0.5, 0.6) is 0 Å². The Balaban J connectivity index is 0.000000380. The molecule has 0 spiro atoms. The molecule has 12 nitrogen and oxygen atoms in total. The van der Waals surface area contributed by atoms with Crippen LogP contribution >= 0.6 is 0 Å². The summed E-state index contributed by atoms with van der Waals surface area (Å²) >= 11 is 0. The number of aromatic nitrogens is 5. The molecule has 1 aliphatic heterocycles. The number of methoxy groups -OCH3 is 1. The number of aromatic amines is 2. The van der Waals surface area contributed by atoms with E-state index in [4.69, 9.17) is 4.98 Å². The highest BCUT2D eigenvalue weighted by molar-refractivity contribution is 5.82. The molecule has 1 saturated heterocycles. The van der Waals surface area contributed by atoms with Crippen molar-refractivity contribution in [1.82, 2.24) is 40.5 Å². The number of H-pyrrole nitrogens is 2. The van der Waals surface area contributed by atoms with Crippen molar-refractivity contribution in [2.75, 3.05) is 20.2 Å². The summed E-state index contributed by atoms with van der Waals surface area (Å²) in [6.45, 7) is 11.3. The van der Waals surface area contributed by atoms with Crippen molar-refractivity contribution in [2.24, 2.45) is 0 Å². The summed E-state index contributed by atoms with van der Waals surface area (Å²) in [6.07, 6.45) is 16.7. The van der Waals surface area contributed by atoms with Gasteiger partial charge in [-0.05, 0) is 66.0 Å². The number of aryl methyl sites for hydroxylation is 1. The zero-order chi connectivity index (χ0) is 41.0. The van der Waals surface area contributed by atoms with Crippen molar-refractivity contribution in [2.45, 2.75) is 104 Å². The minimum Gasteiger partial charge on any atom is -0.453 e. The Morgan fingerprint density at radius 3 is 1.93 bits per heavy atom. The number of alkyl carbamates (subject to hydrolysis) is 1. The summed E-state index contributed by atoms with van der Waals surface area (Å²) in [5.74, 6) is 2.30. The number of likely N-dealkylation sites (tertiary alicyclic amines) is 1. The first-order chi connectivity index (χ1) is 27.8. The monoisotopic (exact) mass is 776 g/mol. The van der Waals surface area contributed by atoms with Crippen LogP contribution in [0, 0.1) is 6.92 Å². The SMILES string of the molecule is CC.CCC.COC(=O)NCC(=O)N1CCCC1c1ncc(-c2ccc(-c3ccc(-c4cnc(C5CCCCC5)[nH]4)cc3)cc2)[nH]1.Cc1cncc(CNC=O)c1. The fraction of sp³-hybridized carbons (Fsp3) is 0.422. The van der Waals surface area contributed by atoms with Gasteiger partial charge in [-0.3, -0.25) is 14.6 Å². The van der Waals surface area contributed by atoms with Gasteiger partial charge in [0.1, 0.15) is 18.2 Å². The highest BCUT2D eigenvalue weighted by Crippen LogP contribution is 2.34. The topological polar surface area (TPSA) is 158 Å². The minimum absolute atomic E-state index is 0.0947. The second kappa shape index (κ2) is 23.3. The van der Waals surface area contributed by atoms with Gasteiger partial charge in [-0.15, -0.1) is 0 Å². The summed E-state index contributed by atoms with van der Waals surface area (Å²) in [4.78, 5) is 56.0. The zero-order valence-electron chi connectivity index (χ0n) is 34.4. The van der Waals surface area contributed by atoms with Crippen LogP contribution in [0.4, 0.5) is 4.79 Å². The number of amides is 3. The molecule has 2 aliphatic rings. The third-order valence-electron chi connectivity index (χ3n) is 9.69. The summed E-state index contributed by atoms with van der Waals surface area (Å²) in [5.41, 5.74) is 8.57. The number of hydrogen-bond acceptors (Lipinski definition) is 7. The third kappa shape index (κ3) is 12.9. The van der Waals surface area contributed by atoms with E-state index in [0.717, 1.165) is 69.3 Å². The Labute approximate surface area is 337 Å². The minimum atomic E-state index is -0.616. The first-order valence-electron chi connectivity index (χ1n) is 20.3. The van der Waals surface area contributed by atoms with Gasteiger partial charge in [-0.25, -0.2) is 14.8 Å². The van der Waals surface area contributed by atoms with E-state index in [9.17, 15) is 14.4 Å². The number of pyridine rings is 1. The number of carbonyl (C=O) groups excluding carboxylic acids is 3. The lowest BCUT2D eigenvalue weighted by Gasteiger charge is -2.23. The molecule has 304 valence electrons. The van der Waals surface area contributed by atoms with Gasteiger partial charge in [0, 0.05) is 31.4 Å². The van der Waals surface area contributed by atoms with Crippen LogP contribution in [0.2, 0.25) is 0 Å². The molecule has 1 atom stereocenters. The molecule has 3 aromatic heterocycles. The summed E-state index contributed by atoms with van der Waals surface area (Å²) in [7, 11) is 1.28. The molecule has 7 rings (SSSR count). The van der Waals surface area contributed by atoms with Crippen LogP contribution in [-0.4, -0.2) is 68.4 Å². The van der Waals surface area contributed by atoms with Crippen LogP contribution in [-0.2, 0) is 20.9 Å². The van der Waals surface area contributed by atoms with Gasteiger partial charge in [0.15, 0.2) is 0 Å². The predicted octanol–water partition coefficient (Wildman–Crippen LogP) is 9.28. The van der Waals surface area contributed by atoms with E-state index in [0.29, 0.717) is 25.4 Å². The Morgan fingerprint density at radius 2 is 1.37 bits per heavy atom. The smallest absolute Gasteiger partial charge is 0.407 e. The first-order valence-corrected chi connectivity index (χ1v) is 20.3. The van der Waals surface area contributed by atoms with E-state index in [-0.39, 0.29) is 18.5 Å². The van der Waals surface area contributed by atoms with E-state index in [1.165, 1.54) is 45.6 Å². The van der Waals surface area contributed by atoms with Crippen molar-refractivity contribution < 1.29 is 19.1 Å². The van der Waals surface area contributed by atoms with Gasteiger partial charge in [-0.1, -0.05) is 108 Å². The number of benzene rings is 2. The highest BCUT2D eigenvalue weighted by Gasteiger charge is 2.32. The molecule has 2 aromatic carbocycles. The standard InChI is InChI=1S/C32H36N6O3.C8H10N2O.C3H8.C2H6/c1-41-32(40)35-20-29(39)38-17-5-8-28(38)31-34-19-27(37-31)24-15-11-22(12-16-24)21-9-13-23(14-10-21)26-18-33-30(36-26)25-6-3-2-4-7-25;1-7-2-8(4-9-3-7)5-10-6-11;1-3-2;1-2/h9-16,18-19,25,28H,2-8,17,20H2,1H3,(H,33,36)(H,34,37)(H,35,40);2-4,6H,5H2,1H3,(H,10,11);3H2,1-2H3;1-2H3. The average molecular weight is 777 g/mol. The van der Waals surface area contributed by atoms with Crippen molar-refractivity contribution >= 4 is 18.4 Å². The molecule has 1 unspecified atom stereocenters. The van der Waals surface area contributed by atoms with Crippen LogP contribution in [0.15, 0.2) is 79.4 Å². The molecule has 3 amide bonds. The molecule has 0 bridgehead atoms. The number of hydrogen-bond donors (Lipinski definition) is 4. The van der Waals surface area contributed by atoms with E-state index in [1.54, 1.807) is 17.3 Å². The Morgan fingerprint density at radius 1 is 0.807 bits per heavy atom. The Hall–Kier alpha value is -5.78. The number of carbonyl (C=O) groups is 3. The average Bonchev–Trinajstić information content (AvgIpc) is 4.06. The molecule has 1 aliphatic carbocycles. The van der Waals surface area contributed by atoms with E-state index in [1.807, 2.05) is 39.2 Å². The van der Waals surface area contributed by atoms with Crippen LogP contribution in [0.25, 0.3) is 33.6 Å². The molecule has 57 heavy (non-hydrogen) atoms. The van der Waals surface area contributed by atoms with Gasteiger partial charge in [0.2, 0.25) is 12.3 Å². The molecule has 5 aromatic rings. The fourth-order valence-electron chi connectivity index (χ4n) is 6.95. The number of nitrogens with one attached hydrogen (secondary N) is 4. The largest absolute Gasteiger partial charge is 0.453 e. The maximum atomic E-state index is 12.7. The molecule has 0 radical (unpaired) electrons. The highest BCUT2D eigenvalue weighted by atomic mass is 16.5. The third-order valence-corrected chi connectivity index (χ3v) is 9.69. The molecule has 4 heterocycles. The van der Waals surface area contributed by atoms with E-state index >= 15 is 0 Å². The molecule has 12 heteroatoms. The van der Waals surface area contributed by atoms with E-state index < -0.39 is 6.09 Å². The van der Waals surface area contributed by atoms with Crippen molar-refractivity contribution in [3.63, 3.8) is 0 Å². The maximum Gasteiger partial charge on any atom is 0.407 e. The number of nitrogens with zero attached hydrogens (tertiary/aromatic N) is 4. The van der Waals surface area contributed by atoms with E-state index in [2.05, 4.69) is 97.7 Å². The fourth-order valence-corrected chi connectivity index (χ4v) is 6.95. The van der Waals surface area contributed by atoms with Crippen molar-refractivity contribution in [3.05, 3.63) is 102 Å². The van der Waals surface area contributed by atoms with Gasteiger partial charge >= 0.3 is 6.09 Å². The number of rotatable bonds is 10. The normalized spacial score (nSPS) is 14.8. The van der Waals surface area contributed by atoms with Crippen molar-refractivity contribution in [3.8, 4) is 33.6 Å². The van der Waals surface area contributed by atoms with Gasteiger partial charge in [0.25, 0.3) is 0 Å². The zero-order valence-corrected chi connectivity index (χ0v) is 34.4. The lowest BCUT2D eigenvalue weighted by molar-refractivity contribution is -0.131. The Kier molecular flexibility index (Phi) is 18.0. The lowest BCUT2D eigenvalue weighted by atomic mass is 9.89. The quantitative estimate of drug-likeness (QED) is 0.103. The Bertz CT molecular complexity index is 1950. The van der Waals surface area contributed by atoms with Crippen LogP contribution < -0.4 is 10.6 Å². The summed E-state index contributed by atoms with van der Waals surface area (Å²) in [6, 6.07) is 18.9. The molecule has 2 fully saturated rings. The predicted molar refractivity (Wildman–Crippen MR) is 226 cm³/mol. The lowest BCUT2D eigenvalue weighted by Crippen LogP contribution is -2.40.